The van der Waals surface area contributed by atoms with E-state index in [9.17, 15) is 5.11 Å². The molecule has 3 heteroatoms. The number of rotatable bonds is 5. The third kappa shape index (κ3) is 2.86. The molecule has 0 aliphatic heterocycles. The first-order valence-electron chi connectivity index (χ1n) is 4.72. The molecule has 1 aromatic heterocycles. The normalized spacial score (nSPS) is 13.2. The van der Waals surface area contributed by atoms with Gasteiger partial charge in [-0.2, -0.15) is 0 Å². The van der Waals surface area contributed by atoms with Gasteiger partial charge in [0.2, 0.25) is 0 Å². The van der Waals surface area contributed by atoms with E-state index in [1.54, 1.807) is 0 Å². The van der Waals surface area contributed by atoms with E-state index in [2.05, 4.69) is 0 Å². The Balaban J connectivity index is 2.53. The van der Waals surface area contributed by atoms with E-state index in [4.69, 9.17) is 5.11 Å². The third-order valence-electron chi connectivity index (χ3n) is 2.12. The van der Waals surface area contributed by atoms with E-state index < -0.39 is 0 Å². The summed E-state index contributed by atoms with van der Waals surface area (Å²) in [6.07, 6.45) is 5.02. The van der Waals surface area contributed by atoms with E-state index in [0.29, 0.717) is 0 Å². The van der Waals surface area contributed by atoms with Gasteiger partial charge in [-0.25, -0.2) is 0 Å². The van der Waals surface area contributed by atoms with Gasteiger partial charge >= 0.3 is 0 Å². The SMILES string of the molecule is CCC(O)c1ccn(CCCO)c1. The van der Waals surface area contributed by atoms with Gasteiger partial charge in [-0.3, -0.25) is 0 Å². The van der Waals surface area contributed by atoms with Crippen molar-refractivity contribution < 1.29 is 10.2 Å². The maximum atomic E-state index is 9.51. The Morgan fingerprint density at radius 2 is 2.31 bits per heavy atom. The molecular formula is C10H17NO2. The van der Waals surface area contributed by atoms with Crippen LogP contribution in [0.4, 0.5) is 0 Å². The number of aryl methyl sites for hydroxylation is 1. The van der Waals surface area contributed by atoms with Crippen LogP contribution in [0.3, 0.4) is 0 Å². The summed E-state index contributed by atoms with van der Waals surface area (Å²) in [4.78, 5) is 0. The molecule has 0 aliphatic carbocycles. The molecule has 0 bridgehead atoms. The van der Waals surface area contributed by atoms with Crippen LogP contribution in [-0.2, 0) is 6.54 Å². The van der Waals surface area contributed by atoms with Crippen molar-refractivity contribution in [3.8, 4) is 0 Å². The predicted molar refractivity (Wildman–Crippen MR) is 51.4 cm³/mol. The lowest BCUT2D eigenvalue weighted by Gasteiger charge is -2.04. The average molecular weight is 183 g/mol. The molecule has 74 valence electrons. The van der Waals surface area contributed by atoms with Crippen LogP contribution in [0.15, 0.2) is 18.5 Å². The fourth-order valence-electron chi connectivity index (χ4n) is 1.28. The Bertz CT molecular complexity index is 245. The van der Waals surface area contributed by atoms with E-state index in [-0.39, 0.29) is 12.7 Å². The van der Waals surface area contributed by atoms with Gasteiger partial charge in [0.25, 0.3) is 0 Å². The predicted octanol–water partition coefficient (Wildman–Crippen LogP) is 1.31. The van der Waals surface area contributed by atoms with Crippen LogP contribution in [-0.4, -0.2) is 21.4 Å². The molecule has 0 saturated heterocycles. The van der Waals surface area contributed by atoms with Gasteiger partial charge in [-0.05, 0) is 24.5 Å². The van der Waals surface area contributed by atoms with E-state index in [1.165, 1.54) is 0 Å². The van der Waals surface area contributed by atoms with Crippen molar-refractivity contribution in [2.75, 3.05) is 6.61 Å². The molecule has 1 aromatic rings. The second-order valence-corrected chi connectivity index (χ2v) is 3.18. The molecule has 0 radical (unpaired) electrons. The summed E-state index contributed by atoms with van der Waals surface area (Å²) in [5, 5.41) is 18.1. The van der Waals surface area contributed by atoms with Crippen LogP contribution < -0.4 is 0 Å². The number of hydrogen-bond donors (Lipinski definition) is 2. The highest BCUT2D eigenvalue weighted by atomic mass is 16.3. The fourth-order valence-corrected chi connectivity index (χ4v) is 1.28. The van der Waals surface area contributed by atoms with Crippen molar-refractivity contribution in [2.45, 2.75) is 32.4 Å². The highest BCUT2D eigenvalue weighted by Crippen LogP contribution is 2.16. The fraction of sp³-hybridized carbons (Fsp3) is 0.600. The van der Waals surface area contributed by atoms with Crippen LogP contribution >= 0.6 is 0 Å². The van der Waals surface area contributed by atoms with Crippen LogP contribution in [0.25, 0.3) is 0 Å². The molecule has 0 aromatic carbocycles. The molecule has 1 rings (SSSR count). The largest absolute Gasteiger partial charge is 0.396 e. The van der Waals surface area contributed by atoms with Crippen molar-refractivity contribution >= 4 is 0 Å². The quantitative estimate of drug-likeness (QED) is 0.723. The molecule has 13 heavy (non-hydrogen) atoms. The molecule has 1 atom stereocenters. The first-order valence-corrected chi connectivity index (χ1v) is 4.72. The molecule has 3 nitrogen and oxygen atoms in total. The Kier molecular flexibility index (Phi) is 3.99. The maximum absolute atomic E-state index is 9.51. The van der Waals surface area contributed by atoms with Crippen molar-refractivity contribution in [1.29, 1.82) is 0 Å². The molecule has 0 spiro atoms. The summed E-state index contributed by atoms with van der Waals surface area (Å²) in [6.45, 7) is 2.98. The van der Waals surface area contributed by atoms with Gasteiger partial charge in [0, 0.05) is 25.5 Å². The standard InChI is InChI=1S/C10H17NO2/c1-2-10(13)9-4-6-11(8-9)5-3-7-12/h4,6,8,10,12-13H,2-3,5,7H2,1H3. The van der Waals surface area contributed by atoms with Crippen molar-refractivity contribution in [1.82, 2.24) is 4.57 Å². The molecule has 0 aliphatic rings. The monoisotopic (exact) mass is 183 g/mol. The second-order valence-electron chi connectivity index (χ2n) is 3.18. The third-order valence-corrected chi connectivity index (χ3v) is 2.12. The Morgan fingerprint density at radius 3 is 2.92 bits per heavy atom. The number of aromatic nitrogens is 1. The van der Waals surface area contributed by atoms with Gasteiger partial charge in [-0.15, -0.1) is 0 Å². The van der Waals surface area contributed by atoms with Crippen molar-refractivity contribution in [2.24, 2.45) is 0 Å². The lowest BCUT2D eigenvalue weighted by molar-refractivity contribution is 0.173. The highest BCUT2D eigenvalue weighted by molar-refractivity contribution is 5.13. The first-order chi connectivity index (χ1) is 6.27. The molecule has 0 amide bonds. The number of hydrogen-bond acceptors (Lipinski definition) is 2. The smallest absolute Gasteiger partial charge is 0.0802 e. The molecule has 0 saturated carbocycles. The van der Waals surface area contributed by atoms with Crippen LogP contribution in [0.5, 0.6) is 0 Å². The molecule has 0 fully saturated rings. The lowest BCUT2D eigenvalue weighted by Crippen LogP contribution is -1.97. The average Bonchev–Trinajstić information content (AvgIpc) is 2.62. The molecule has 2 N–H and O–H groups in total. The zero-order valence-corrected chi connectivity index (χ0v) is 7.98. The Morgan fingerprint density at radius 1 is 1.54 bits per heavy atom. The van der Waals surface area contributed by atoms with Crippen LogP contribution in [0, 0.1) is 0 Å². The summed E-state index contributed by atoms with van der Waals surface area (Å²) in [6, 6.07) is 1.92. The van der Waals surface area contributed by atoms with Gasteiger partial charge in [0.1, 0.15) is 0 Å². The van der Waals surface area contributed by atoms with Crippen molar-refractivity contribution in [3.05, 3.63) is 24.0 Å². The number of aliphatic hydroxyl groups is 2. The number of nitrogens with zero attached hydrogens (tertiary/aromatic N) is 1. The minimum Gasteiger partial charge on any atom is -0.396 e. The minimum absolute atomic E-state index is 0.212. The second kappa shape index (κ2) is 5.04. The maximum Gasteiger partial charge on any atom is 0.0802 e. The minimum atomic E-state index is -0.352. The summed E-state index contributed by atoms with van der Waals surface area (Å²) in [5.74, 6) is 0. The Hall–Kier alpha value is -0.800. The zero-order chi connectivity index (χ0) is 9.68. The molecule has 1 heterocycles. The molecular weight excluding hydrogens is 166 g/mol. The number of aliphatic hydroxyl groups excluding tert-OH is 2. The summed E-state index contributed by atoms with van der Waals surface area (Å²) in [7, 11) is 0. The first kappa shape index (κ1) is 10.3. The summed E-state index contributed by atoms with van der Waals surface area (Å²) in [5.41, 5.74) is 0.959. The van der Waals surface area contributed by atoms with E-state index in [1.807, 2.05) is 30.0 Å². The van der Waals surface area contributed by atoms with Gasteiger partial charge < -0.3 is 14.8 Å². The summed E-state index contributed by atoms with van der Waals surface area (Å²) < 4.78 is 1.99. The highest BCUT2D eigenvalue weighted by Gasteiger charge is 2.05. The van der Waals surface area contributed by atoms with Crippen molar-refractivity contribution in [3.63, 3.8) is 0 Å². The van der Waals surface area contributed by atoms with Crippen LogP contribution in [0.2, 0.25) is 0 Å². The lowest BCUT2D eigenvalue weighted by atomic mass is 10.1. The zero-order valence-electron chi connectivity index (χ0n) is 7.98. The van der Waals surface area contributed by atoms with Crippen LogP contribution in [0.1, 0.15) is 31.4 Å². The topological polar surface area (TPSA) is 45.4 Å². The van der Waals surface area contributed by atoms with Gasteiger partial charge in [0.15, 0.2) is 0 Å². The molecule has 1 unspecified atom stereocenters. The van der Waals surface area contributed by atoms with Gasteiger partial charge in [0.05, 0.1) is 6.10 Å². The summed E-state index contributed by atoms with van der Waals surface area (Å²) >= 11 is 0. The van der Waals surface area contributed by atoms with E-state index in [0.717, 1.165) is 24.9 Å². The van der Waals surface area contributed by atoms with E-state index >= 15 is 0 Å². The van der Waals surface area contributed by atoms with Gasteiger partial charge in [-0.1, -0.05) is 6.92 Å². The Labute approximate surface area is 78.6 Å².